The number of aliphatic imine (C=N–C) groups is 1. The van der Waals surface area contributed by atoms with Gasteiger partial charge in [0.15, 0.2) is 11.5 Å². The summed E-state index contributed by atoms with van der Waals surface area (Å²) in [6.07, 6.45) is 1.62. The van der Waals surface area contributed by atoms with Gasteiger partial charge in [0.25, 0.3) is 0 Å². The minimum Gasteiger partial charge on any atom is -0.379 e. The first-order valence-electron chi connectivity index (χ1n) is 4.31. The maximum absolute atomic E-state index is 5.52. The van der Waals surface area contributed by atoms with Gasteiger partial charge in [-0.1, -0.05) is 11.8 Å². The molecule has 4 nitrogen and oxygen atoms in total. The van der Waals surface area contributed by atoms with Gasteiger partial charge in [-0.15, -0.1) is 0 Å². The molecule has 78 valence electrons. The van der Waals surface area contributed by atoms with Crippen molar-refractivity contribution in [3.05, 3.63) is 0 Å². The fraction of sp³-hybridized carbons (Fsp3) is 0.875. The molecule has 0 spiro atoms. The Morgan fingerprint density at radius 3 is 2.31 bits per heavy atom. The SMILES string of the molecule is CCOC(CN=C(N)SC)OCC. The molecule has 0 atom stereocenters. The van der Waals surface area contributed by atoms with Crippen molar-refractivity contribution in [2.75, 3.05) is 26.0 Å². The van der Waals surface area contributed by atoms with Gasteiger partial charge in [-0.05, 0) is 20.1 Å². The standard InChI is InChI=1S/C8H18N2O2S/c1-4-11-7(12-5-2)6-10-8(9)13-3/h7H,4-6H2,1-3H3,(H2,9,10). The molecule has 0 fully saturated rings. The summed E-state index contributed by atoms with van der Waals surface area (Å²) in [6.45, 7) is 5.56. The average molecular weight is 206 g/mol. The molecular formula is C8H18N2O2S. The first-order chi connectivity index (χ1) is 6.24. The molecule has 0 aliphatic rings. The van der Waals surface area contributed by atoms with E-state index in [1.54, 1.807) is 0 Å². The Balaban J connectivity index is 3.79. The van der Waals surface area contributed by atoms with Gasteiger partial charge in [0.2, 0.25) is 0 Å². The monoisotopic (exact) mass is 206 g/mol. The molecule has 0 unspecified atom stereocenters. The average Bonchev–Trinajstić information content (AvgIpc) is 2.14. The zero-order chi connectivity index (χ0) is 10.1. The Hall–Kier alpha value is -0.260. The van der Waals surface area contributed by atoms with Crippen LogP contribution in [0.5, 0.6) is 0 Å². The topological polar surface area (TPSA) is 56.8 Å². The van der Waals surface area contributed by atoms with Crippen molar-refractivity contribution in [1.29, 1.82) is 0 Å². The molecule has 0 aromatic rings. The lowest BCUT2D eigenvalue weighted by atomic mass is 10.6. The van der Waals surface area contributed by atoms with Crippen LogP contribution in [0.1, 0.15) is 13.8 Å². The second kappa shape index (κ2) is 8.34. The zero-order valence-corrected chi connectivity index (χ0v) is 9.26. The summed E-state index contributed by atoms with van der Waals surface area (Å²) in [6, 6.07) is 0. The summed E-state index contributed by atoms with van der Waals surface area (Å²) in [5.41, 5.74) is 5.52. The van der Waals surface area contributed by atoms with Crippen LogP contribution in [0.15, 0.2) is 4.99 Å². The van der Waals surface area contributed by atoms with Gasteiger partial charge < -0.3 is 15.2 Å². The van der Waals surface area contributed by atoms with Crippen LogP contribution in [0.25, 0.3) is 0 Å². The summed E-state index contributed by atoms with van der Waals surface area (Å²) < 4.78 is 10.6. The number of nitrogens with zero attached hydrogens (tertiary/aromatic N) is 1. The van der Waals surface area contributed by atoms with Crippen molar-refractivity contribution in [1.82, 2.24) is 0 Å². The quantitative estimate of drug-likeness (QED) is 0.401. The molecule has 0 aromatic heterocycles. The van der Waals surface area contributed by atoms with Gasteiger partial charge in [0.1, 0.15) is 0 Å². The molecule has 0 rings (SSSR count). The molecule has 2 N–H and O–H groups in total. The van der Waals surface area contributed by atoms with Gasteiger partial charge in [-0.25, -0.2) is 0 Å². The lowest BCUT2D eigenvalue weighted by molar-refractivity contribution is -0.128. The number of amidine groups is 1. The van der Waals surface area contributed by atoms with Crippen molar-refractivity contribution >= 4 is 16.9 Å². The molecule has 0 heterocycles. The number of nitrogens with two attached hydrogens (primary N) is 1. The van der Waals surface area contributed by atoms with Crippen LogP contribution in [0, 0.1) is 0 Å². The van der Waals surface area contributed by atoms with Gasteiger partial charge in [-0.2, -0.15) is 0 Å². The van der Waals surface area contributed by atoms with E-state index in [9.17, 15) is 0 Å². The Morgan fingerprint density at radius 2 is 1.92 bits per heavy atom. The minimum absolute atomic E-state index is 0.263. The normalized spacial score (nSPS) is 12.5. The first-order valence-corrected chi connectivity index (χ1v) is 5.54. The molecule has 0 radical (unpaired) electrons. The second-order valence-corrected chi connectivity index (χ2v) is 3.05. The molecule has 0 aliphatic carbocycles. The van der Waals surface area contributed by atoms with Gasteiger partial charge in [0.05, 0.1) is 6.54 Å². The van der Waals surface area contributed by atoms with E-state index in [1.165, 1.54) is 11.8 Å². The lowest BCUT2D eigenvalue weighted by Crippen LogP contribution is -2.22. The minimum atomic E-state index is -0.263. The third-order valence-electron chi connectivity index (χ3n) is 1.31. The van der Waals surface area contributed by atoms with E-state index in [1.807, 2.05) is 20.1 Å². The molecule has 0 aromatic carbocycles. The number of hydrogen-bond acceptors (Lipinski definition) is 4. The number of ether oxygens (including phenoxy) is 2. The van der Waals surface area contributed by atoms with Crippen LogP contribution in [-0.4, -0.2) is 37.5 Å². The zero-order valence-electron chi connectivity index (χ0n) is 8.45. The largest absolute Gasteiger partial charge is 0.379 e. The predicted molar refractivity (Wildman–Crippen MR) is 57.0 cm³/mol. The number of thioether (sulfide) groups is 1. The van der Waals surface area contributed by atoms with Gasteiger partial charge in [-0.3, -0.25) is 4.99 Å². The molecule has 0 amide bonds. The first kappa shape index (κ1) is 12.7. The Labute approximate surface area is 83.9 Å². The third-order valence-corrected chi connectivity index (χ3v) is 1.86. The highest BCUT2D eigenvalue weighted by atomic mass is 32.2. The van der Waals surface area contributed by atoms with Crippen LogP contribution >= 0.6 is 11.8 Å². The van der Waals surface area contributed by atoms with E-state index >= 15 is 0 Å². The van der Waals surface area contributed by atoms with Crippen LogP contribution in [0.3, 0.4) is 0 Å². The van der Waals surface area contributed by atoms with E-state index in [0.29, 0.717) is 24.9 Å². The summed E-state index contributed by atoms with van der Waals surface area (Å²) in [7, 11) is 0. The van der Waals surface area contributed by atoms with Crippen LogP contribution in [0.2, 0.25) is 0 Å². The summed E-state index contributed by atoms with van der Waals surface area (Å²) in [5.74, 6) is 0. The molecule has 0 aliphatic heterocycles. The van der Waals surface area contributed by atoms with E-state index in [0.717, 1.165) is 0 Å². The molecule has 13 heavy (non-hydrogen) atoms. The van der Waals surface area contributed by atoms with Gasteiger partial charge >= 0.3 is 0 Å². The molecule has 0 bridgehead atoms. The summed E-state index contributed by atoms with van der Waals surface area (Å²) in [4.78, 5) is 4.09. The van der Waals surface area contributed by atoms with Crippen molar-refractivity contribution < 1.29 is 9.47 Å². The highest BCUT2D eigenvalue weighted by Gasteiger charge is 2.05. The maximum Gasteiger partial charge on any atom is 0.176 e. The Morgan fingerprint density at radius 1 is 1.38 bits per heavy atom. The summed E-state index contributed by atoms with van der Waals surface area (Å²) in [5, 5.41) is 0.560. The fourth-order valence-corrected chi connectivity index (χ4v) is 0.958. The van der Waals surface area contributed by atoms with Crippen LogP contribution in [-0.2, 0) is 9.47 Å². The highest BCUT2D eigenvalue weighted by Crippen LogP contribution is 1.98. The van der Waals surface area contributed by atoms with E-state index in [2.05, 4.69) is 4.99 Å². The maximum atomic E-state index is 5.52. The lowest BCUT2D eigenvalue weighted by Gasteiger charge is -2.14. The van der Waals surface area contributed by atoms with E-state index < -0.39 is 0 Å². The Kier molecular flexibility index (Phi) is 8.18. The highest BCUT2D eigenvalue weighted by molar-refractivity contribution is 8.13. The molecule has 5 heteroatoms. The van der Waals surface area contributed by atoms with Crippen molar-refractivity contribution in [2.45, 2.75) is 20.1 Å². The molecular weight excluding hydrogens is 188 g/mol. The molecule has 0 saturated heterocycles. The van der Waals surface area contributed by atoms with E-state index in [4.69, 9.17) is 15.2 Å². The predicted octanol–water partition coefficient (Wildman–Crippen LogP) is 1.06. The van der Waals surface area contributed by atoms with Gasteiger partial charge in [0, 0.05) is 13.2 Å². The van der Waals surface area contributed by atoms with Crippen LogP contribution < -0.4 is 5.73 Å². The fourth-order valence-electron chi connectivity index (χ4n) is 0.754. The molecule has 0 saturated carbocycles. The third kappa shape index (κ3) is 6.86. The van der Waals surface area contributed by atoms with Crippen molar-refractivity contribution in [3.63, 3.8) is 0 Å². The number of rotatable bonds is 6. The summed E-state index contributed by atoms with van der Waals surface area (Å²) >= 11 is 1.42. The number of hydrogen-bond donors (Lipinski definition) is 1. The second-order valence-electron chi connectivity index (χ2n) is 2.22. The Bertz CT molecular complexity index is 147. The van der Waals surface area contributed by atoms with E-state index in [-0.39, 0.29) is 6.29 Å². The smallest absolute Gasteiger partial charge is 0.176 e. The van der Waals surface area contributed by atoms with Crippen molar-refractivity contribution in [2.24, 2.45) is 10.7 Å². The van der Waals surface area contributed by atoms with Crippen molar-refractivity contribution in [3.8, 4) is 0 Å². The van der Waals surface area contributed by atoms with Crippen LogP contribution in [0.4, 0.5) is 0 Å².